The van der Waals surface area contributed by atoms with E-state index in [0.29, 0.717) is 0 Å². The molecule has 2 rings (SSSR count). The third kappa shape index (κ3) is 1.76. The number of pyridine rings is 1. The molecule has 14 heavy (non-hydrogen) atoms. The Bertz CT molecular complexity index is 349. The number of esters is 1. The van der Waals surface area contributed by atoms with Gasteiger partial charge in [0.2, 0.25) is 0 Å². The van der Waals surface area contributed by atoms with Gasteiger partial charge in [-0.25, -0.2) is 0 Å². The van der Waals surface area contributed by atoms with Gasteiger partial charge in [-0.2, -0.15) is 0 Å². The Balaban J connectivity index is 2.26. The van der Waals surface area contributed by atoms with Crippen LogP contribution < -0.4 is 0 Å². The maximum atomic E-state index is 10.9. The number of ether oxygens (including phenoxy) is 1. The van der Waals surface area contributed by atoms with E-state index >= 15 is 0 Å². The molecule has 1 aromatic heterocycles. The first-order chi connectivity index (χ1) is 6.77. The summed E-state index contributed by atoms with van der Waals surface area (Å²) in [4.78, 5) is 15.0. The highest BCUT2D eigenvalue weighted by atomic mass is 16.5. The van der Waals surface area contributed by atoms with E-state index in [-0.39, 0.29) is 12.1 Å². The van der Waals surface area contributed by atoms with Crippen LogP contribution in [-0.4, -0.2) is 11.0 Å². The van der Waals surface area contributed by atoms with E-state index in [9.17, 15) is 4.79 Å². The first kappa shape index (κ1) is 9.19. The maximum absolute atomic E-state index is 10.9. The highest BCUT2D eigenvalue weighted by molar-refractivity contribution is 5.66. The molecule has 1 aliphatic carbocycles. The number of carbonyl (C=O) groups is 1. The number of hydrogen-bond acceptors (Lipinski definition) is 3. The molecule has 0 saturated carbocycles. The predicted molar refractivity (Wildman–Crippen MR) is 51.7 cm³/mol. The number of nitrogens with zero attached hydrogens (tertiary/aromatic N) is 1. The molecule has 1 atom stereocenters. The molecular formula is C11H13NO2. The topological polar surface area (TPSA) is 39.2 Å². The Labute approximate surface area is 83.1 Å². The Hall–Kier alpha value is -1.38. The fourth-order valence-electron chi connectivity index (χ4n) is 1.92. The van der Waals surface area contributed by atoms with E-state index in [4.69, 9.17) is 4.74 Å². The Kier molecular flexibility index (Phi) is 2.48. The van der Waals surface area contributed by atoms with Gasteiger partial charge in [0, 0.05) is 19.3 Å². The van der Waals surface area contributed by atoms with Crippen LogP contribution in [0.4, 0.5) is 0 Å². The normalized spacial score (nSPS) is 19.9. The molecule has 74 valence electrons. The largest absolute Gasteiger partial charge is 0.458 e. The molecule has 0 radical (unpaired) electrons. The molecule has 0 bridgehead atoms. The van der Waals surface area contributed by atoms with Crippen LogP contribution in [0.3, 0.4) is 0 Å². The quantitative estimate of drug-likeness (QED) is 0.637. The minimum absolute atomic E-state index is 0.0563. The molecule has 3 nitrogen and oxygen atoms in total. The van der Waals surface area contributed by atoms with Crippen molar-refractivity contribution in [2.24, 2.45) is 0 Å². The number of rotatable bonds is 1. The molecule has 0 aromatic carbocycles. The number of fused-ring (bicyclic) bond motifs is 1. The zero-order valence-corrected chi connectivity index (χ0v) is 8.19. The molecule has 1 heterocycles. The second-order valence-electron chi connectivity index (χ2n) is 3.56. The van der Waals surface area contributed by atoms with Gasteiger partial charge in [0.1, 0.15) is 6.10 Å². The van der Waals surface area contributed by atoms with Gasteiger partial charge in [-0.1, -0.05) is 0 Å². The van der Waals surface area contributed by atoms with Crippen molar-refractivity contribution in [1.82, 2.24) is 4.98 Å². The summed E-state index contributed by atoms with van der Waals surface area (Å²) in [5.41, 5.74) is 2.34. The van der Waals surface area contributed by atoms with Crippen molar-refractivity contribution in [1.29, 1.82) is 0 Å². The third-order valence-corrected chi connectivity index (χ3v) is 2.51. The fraction of sp³-hybridized carbons (Fsp3) is 0.455. The first-order valence-electron chi connectivity index (χ1n) is 4.87. The van der Waals surface area contributed by atoms with Crippen molar-refractivity contribution in [2.75, 3.05) is 0 Å². The summed E-state index contributed by atoms with van der Waals surface area (Å²) in [7, 11) is 0. The maximum Gasteiger partial charge on any atom is 0.303 e. The summed E-state index contributed by atoms with van der Waals surface area (Å²) in [6, 6.07) is 1.95. The van der Waals surface area contributed by atoms with Crippen LogP contribution in [0.5, 0.6) is 0 Å². The van der Waals surface area contributed by atoms with Crippen molar-refractivity contribution >= 4 is 5.97 Å². The van der Waals surface area contributed by atoms with Gasteiger partial charge < -0.3 is 4.74 Å². The smallest absolute Gasteiger partial charge is 0.303 e. The van der Waals surface area contributed by atoms with Gasteiger partial charge in [-0.15, -0.1) is 0 Å². The van der Waals surface area contributed by atoms with Gasteiger partial charge in [0.25, 0.3) is 0 Å². The van der Waals surface area contributed by atoms with Crippen LogP contribution in [-0.2, 0) is 16.0 Å². The number of hydrogen-bond donors (Lipinski definition) is 0. The highest BCUT2D eigenvalue weighted by Gasteiger charge is 2.21. The fourth-order valence-corrected chi connectivity index (χ4v) is 1.92. The van der Waals surface area contributed by atoms with E-state index in [0.717, 1.165) is 24.8 Å². The predicted octanol–water partition coefficient (Wildman–Crippen LogP) is 2.02. The Morgan fingerprint density at radius 3 is 3.29 bits per heavy atom. The monoisotopic (exact) mass is 191 g/mol. The third-order valence-electron chi connectivity index (χ3n) is 2.51. The molecule has 3 heteroatoms. The molecule has 0 unspecified atom stereocenters. The van der Waals surface area contributed by atoms with Crippen molar-refractivity contribution in [3.8, 4) is 0 Å². The highest BCUT2D eigenvalue weighted by Crippen LogP contribution is 2.31. The van der Waals surface area contributed by atoms with Crippen LogP contribution in [0.2, 0.25) is 0 Å². The summed E-state index contributed by atoms with van der Waals surface area (Å²) in [5.74, 6) is -0.209. The number of carbonyl (C=O) groups excluding carboxylic acids is 1. The second kappa shape index (κ2) is 3.78. The average Bonchev–Trinajstić information content (AvgIpc) is 2.18. The van der Waals surface area contributed by atoms with Crippen LogP contribution in [0.25, 0.3) is 0 Å². The zero-order valence-electron chi connectivity index (χ0n) is 8.19. The van der Waals surface area contributed by atoms with Crippen LogP contribution >= 0.6 is 0 Å². The standard InChI is InChI=1S/C11H13NO2/c1-8(13)14-11-4-2-3-9-7-12-6-5-10(9)11/h5-7,11H,2-4H2,1H3/t11-/m0/s1. The lowest BCUT2D eigenvalue weighted by Crippen LogP contribution is -2.15. The van der Waals surface area contributed by atoms with E-state index in [1.165, 1.54) is 12.5 Å². The molecule has 1 aromatic rings. The van der Waals surface area contributed by atoms with Crippen molar-refractivity contribution < 1.29 is 9.53 Å². The lowest BCUT2D eigenvalue weighted by atomic mass is 9.91. The average molecular weight is 191 g/mol. The van der Waals surface area contributed by atoms with E-state index in [2.05, 4.69) is 4.98 Å². The summed E-state index contributed by atoms with van der Waals surface area (Å²) in [6.45, 7) is 1.45. The van der Waals surface area contributed by atoms with Gasteiger partial charge in [0.05, 0.1) is 0 Å². The summed E-state index contributed by atoms with van der Waals surface area (Å²) >= 11 is 0. The van der Waals surface area contributed by atoms with Crippen LogP contribution in [0.15, 0.2) is 18.5 Å². The molecule has 1 aliphatic rings. The lowest BCUT2D eigenvalue weighted by molar-refractivity contribution is -0.147. The van der Waals surface area contributed by atoms with Gasteiger partial charge in [-0.05, 0) is 36.5 Å². The van der Waals surface area contributed by atoms with E-state index in [1.807, 2.05) is 12.3 Å². The van der Waals surface area contributed by atoms with E-state index < -0.39 is 0 Å². The second-order valence-corrected chi connectivity index (χ2v) is 3.56. The Morgan fingerprint density at radius 2 is 2.50 bits per heavy atom. The van der Waals surface area contributed by atoms with Crippen molar-refractivity contribution in [3.05, 3.63) is 29.6 Å². The van der Waals surface area contributed by atoms with Gasteiger partial charge >= 0.3 is 5.97 Å². The number of aryl methyl sites for hydroxylation is 1. The van der Waals surface area contributed by atoms with Gasteiger partial charge in [-0.3, -0.25) is 9.78 Å². The Morgan fingerprint density at radius 1 is 1.64 bits per heavy atom. The van der Waals surface area contributed by atoms with E-state index in [1.54, 1.807) is 6.20 Å². The SMILES string of the molecule is CC(=O)O[C@H]1CCCc2cnccc21. The zero-order chi connectivity index (χ0) is 9.97. The molecule has 0 saturated heterocycles. The lowest BCUT2D eigenvalue weighted by Gasteiger charge is -2.24. The summed E-state index contributed by atoms with van der Waals surface area (Å²) < 4.78 is 5.25. The van der Waals surface area contributed by atoms with Gasteiger partial charge in [0.15, 0.2) is 0 Å². The summed E-state index contributed by atoms with van der Waals surface area (Å²) in [6.07, 6.45) is 6.60. The van der Waals surface area contributed by atoms with Crippen molar-refractivity contribution in [3.63, 3.8) is 0 Å². The molecular weight excluding hydrogens is 178 g/mol. The van der Waals surface area contributed by atoms with Crippen LogP contribution in [0.1, 0.15) is 37.0 Å². The molecule has 0 fully saturated rings. The van der Waals surface area contributed by atoms with Crippen LogP contribution in [0, 0.1) is 0 Å². The molecule has 0 spiro atoms. The summed E-state index contributed by atoms with van der Waals surface area (Å²) in [5, 5.41) is 0. The first-order valence-corrected chi connectivity index (χ1v) is 4.87. The molecule has 0 N–H and O–H groups in total. The van der Waals surface area contributed by atoms with Crippen molar-refractivity contribution in [2.45, 2.75) is 32.3 Å². The minimum Gasteiger partial charge on any atom is -0.458 e. The molecule has 0 amide bonds. The molecule has 0 aliphatic heterocycles. The number of aromatic nitrogens is 1. The minimum atomic E-state index is -0.209.